The fourth-order valence-corrected chi connectivity index (χ4v) is 7.36. The molecule has 0 fully saturated rings. The van der Waals surface area contributed by atoms with E-state index in [-0.39, 0.29) is 0 Å². The number of aryl methyl sites for hydroxylation is 1. The molecule has 8 aromatic carbocycles. The lowest BCUT2D eigenvalue weighted by atomic mass is 9.97. The van der Waals surface area contributed by atoms with Gasteiger partial charge in [0.15, 0.2) is 0 Å². The lowest BCUT2D eigenvalue weighted by molar-refractivity contribution is 0.629. The lowest BCUT2D eigenvalue weighted by Gasteiger charge is -2.28. The van der Waals surface area contributed by atoms with Crippen LogP contribution in [0.25, 0.3) is 66.8 Å². The number of para-hydroxylation sites is 2. The molecule has 53 heavy (non-hydrogen) atoms. The first-order valence-corrected chi connectivity index (χ1v) is 18.1. The molecule has 0 saturated heterocycles. The van der Waals surface area contributed by atoms with Gasteiger partial charge in [-0.25, -0.2) is 0 Å². The molecular formula is C51H37NO. The smallest absolute Gasteiger partial charge is 0.138 e. The van der Waals surface area contributed by atoms with Gasteiger partial charge in [0.1, 0.15) is 11.3 Å². The maximum Gasteiger partial charge on any atom is 0.138 e. The van der Waals surface area contributed by atoms with Crippen molar-refractivity contribution in [2.75, 3.05) is 4.90 Å². The quantitative estimate of drug-likeness (QED) is 0.159. The fourth-order valence-electron chi connectivity index (χ4n) is 7.36. The van der Waals surface area contributed by atoms with E-state index in [0.29, 0.717) is 0 Å². The number of furan rings is 1. The van der Waals surface area contributed by atoms with Crippen molar-refractivity contribution in [2.24, 2.45) is 0 Å². The van der Waals surface area contributed by atoms with E-state index in [1.165, 1.54) is 44.5 Å². The van der Waals surface area contributed by atoms with E-state index in [0.717, 1.165) is 44.9 Å². The summed E-state index contributed by atoms with van der Waals surface area (Å²) in [7, 11) is 0. The van der Waals surface area contributed by atoms with Crippen molar-refractivity contribution >= 4 is 28.0 Å². The summed E-state index contributed by atoms with van der Waals surface area (Å²) < 4.78 is 6.29. The first kappa shape index (κ1) is 32.0. The Kier molecular flexibility index (Phi) is 8.47. The molecule has 0 spiro atoms. The van der Waals surface area contributed by atoms with Gasteiger partial charge in [0, 0.05) is 33.5 Å². The van der Waals surface area contributed by atoms with Crippen molar-refractivity contribution in [1.29, 1.82) is 0 Å². The molecule has 0 bridgehead atoms. The Morgan fingerprint density at radius 3 is 1.58 bits per heavy atom. The molecule has 0 radical (unpaired) electrons. The molecule has 0 unspecified atom stereocenters. The summed E-state index contributed by atoms with van der Waals surface area (Å²) in [5, 5.41) is 1.16. The Hall–Kier alpha value is -6.90. The van der Waals surface area contributed by atoms with Crippen molar-refractivity contribution in [3.8, 4) is 55.8 Å². The summed E-state index contributed by atoms with van der Waals surface area (Å²) in [6.45, 7) is 2.14. The average molecular weight is 680 g/mol. The second-order valence-electron chi connectivity index (χ2n) is 13.4. The SMILES string of the molecule is Cc1c(-c2cccc(-c3ccc(-c4ccc(N(c5cccc(-c6ccccc6)c5)c5ccccc5-c5ccccc5)cc4)cc3)c2)oc2ccccc12. The molecular weight excluding hydrogens is 643 g/mol. The number of anilines is 3. The molecule has 2 nitrogen and oxygen atoms in total. The van der Waals surface area contributed by atoms with Crippen LogP contribution < -0.4 is 4.90 Å². The van der Waals surface area contributed by atoms with E-state index in [9.17, 15) is 0 Å². The van der Waals surface area contributed by atoms with Crippen molar-refractivity contribution < 1.29 is 4.42 Å². The molecule has 9 aromatic rings. The van der Waals surface area contributed by atoms with Crippen molar-refractivity contribution in [3.05, 3.63) is 212 Å². The summed E-state index contributed by atoms with van der Waals surface area (Å²) in [5.41, 5.74) is 15.9. The molecule has 0 atom stereocenters. The first-order chi connectivity index (χ1) is 26.2. The minimum Gasteiger partial charge on any atom is -0.456 e. The van der Waals surface area contributed by atoms with Gasteiger partial charge in [-0.1, -0.05) is 164 Å². The van der Waals surface area contributed by atoms with Crippen LogP contribution >= 0.6 is 0 Å². The minimum atomic E-state index is 0.921. The van der Waals surface area contributed by atoms with Gasteiger partial charge in [0.25, 0.3) is 0 Å². The second-order valence-corrected chi connectivity index (χ2v) is 13.4. The van der Waals surface area contributed by atoms with E-state index < -0.39 is 0 Å². The molecule has 0 N–H and O–H groups in total. The maximum absolute atomic E-state index is 6.29. The predicted molar refractivity (Wildman–Crippen MR) is 223 cm³/mol. The van der Waals surface area contributed by atoms with Crippen LogP contribution in [-0.4, -0.2) is 0 Å². The van der Waals surface area contributed by atoms with Gasteiger partial charge in [-0.15, -0.1) is 0 Å². The number of rotatable bonds is 8. The van der Waals surface area contributed by atoms with Crippen LogP contribution in [0.5, 0.6) is 0 Å². The van der Waals surface area contributed by atoms with Gasteiger partial charge in [0.2, 0.25) is 0 Å². The highest BCUT2D eigenvalue weighted by Gasteiger charge is 2.18. The highest BCUT2D eigenvalue weighted by molar-refractivity contribution is 5.90. The Morgan fingerprint density at radius 1 is 0.358 bits per heavy atom. The minimum absolute atomic E-state index is 0.921. The third-order valence-corrected chi connectivity index (χ3v) is 10.1. The van der Waals surface area contributed by atoms with Crippen LogP contribution in [0, 0.1) is 6.92 Å². The third-order valence-electron chi connectivity index (χ3n) is 10.1. The molecule has 1 heterocycles. The van der Waals surface area contributed by atoms with Crippen LogP contribution in [0.2, 0.25) is 0 Å². The van der Waals surface area contributed by atoms with Gasteiger partial charge >= 0.3 is 0 Å². The second kappa shape index (κ2) is 14.0. The number of hydrogen-bond donors (Lipinski definition) is 0. The highest BCUT2D eigenvalue weighted by Crippen LogP contribution is 2.42. The maximum atomic E-state index is 6.29. The molecule has 0 amide bonds. The molecule has 1 aromatic heterocycles. The summed E-state index contributed by atoms with van der Waals surface area (Å²) in [6.07, 6.45) is 0. The largest absolute Gasteiger partial charge is 0.456 e. The Morgan fingerprint density at radius 2 is 0.868 bits per heavy atom. The summed E-state index contributed by atoms with van der Waals surface area (Å²) in [4.78, 5) is 2.37. The molecule has 252 valence electrons. The normalized spacial score (nSPS) is 11.1. The zero-order valence-corrected chi connectivity index (χ0v) is 29.5. The lowest BCUT2D eigenvalue weighted by Crippen LogP contribution is -2.11. The summed E-state index contributed by atoms with van der Waals surface area (Å²) in [5.74, 6) is 0.928. The van der Waals surface area contributed by atoms with Gasteiger partial charge in [-0.3, -0.25) is 0 Å². The number of nitrogens with zero attached hydrogens (tertiary/aromatic N) is 1. The molecule has 9 rings (SSSR count). The average Bonchev–Trinajstić information content (AvgIpc) is 3.58. The first-order valence-electron chi connectivity index (χ1n) is 18.1. The van der Waals surface area contributed by atoms with Gasteiger partial charge in [-0.2, -0.15) is 0 Å². The number of benzene rings is 8. The number of hydrogen-bond acceptors (Lipinski definition) is 2. The Bertz CT molecular complexity index is 2650. The standard InChI is InChI=1S/C51H37NO/c1-36-47-22-9-11-25-50(47)53-51(36)44-20-12-18-42(34-44)40-28-26-38(27-29-40)39-30-32-45(33-31-39)52(46-21-13-19-43(35-46)37-14-4-2-5-15-37)49-24-10-8-23-48(49)41-16-6-3-7-17-41/h2-35H,1H3. The highest BCUT2D eigenvalue weighted by atomic mass is 16.3. The van der Waals surface area contributed by atoms with Crippen molar-refractivity contribution in [2.45, 2.75) is 6.92 Å². The van der Waals surface area contributed by atoms with E-state index in [4.69, 9.17) is 4.42 Å². The fraction of sp³-hybridized carbons (Fsp3) is 0.0196. The number of fused-ring (bicyclic) bond motifs is 1. The van der Waals surface area contributed by atoms with Crippen LogP contribution in [0.1, 0.15) is 5.56 Å². The van der Waals surface area contributed by atoms with Crippen LogP contribution in [0.15, 0.2) is 211 Å². The topological polar surface area (TPSA) is 16.4 Å². The van der Waals surface area contributed by atoms with Crippen molar-refractivity contribution in [3.63, 3.8) is 0 Å². The zero-order valence-electron chi connectivity index (χ0n) is 29.5. The van der Waals surface area contributed by atoms with E-state index in [2.05, 4.69) is 206 Å². The van der Waals surface area contributed by atoms with Crippen LogP contribution in [0.3, 0.4) is 0 Å². The van der Waals surface area contributed by atoms with E-state index in [1.807, 2.05) is 12.1 Å². The van der Waals surface area contributed by atoms with Crippen molar-refractivity contribution in [1.82, 2.24) is 0 Å². The van der Waals surface area contributed by atoms with E-state index >= 15 is 0 Å². The molecule has 0 aliphatic rings. The molecule has 0 saturated carbocycles. The predicted octanol–water partition coefficient (Wildman–Crippen LogP) is 14.5. The van der Waals surface area contributed by atoms with E-state index in [1.54, 1.807) is 0 Å². The van der Waals surface area contributed by atoms with Crippen LogP contribution in [-0.2, 0) is 0 Å². The Labute approximate surface area is 310 Å². The summed E-state index contributed by atoms with van der Waals surface area (Å²) >= 11 is 0. The third kappa shape index (κ3) is 6.32. The molecule has 0 aliphatic carbocycles. The van der Waals surface area contributed by atoms with Gasteiger partial charge < -0.3 is 9.32 Å². The van der Waals surface area contributed by atoms with Crippen LogP contribution in [0.4, 0.5) is 17.1 Å². The van der Waals surface area contributed by atoms with Gasteiger partial charge in [-0.05, 0) is 88.3 Å². The Balaban J connectivity index is 1.05. The summed E-state index contributed by atoms with van der Waals surface area (Å²) in [6, 6.07) is 73.4. The molecule has 0 aliphatic heterocycles. The molecule has 2 heteroatoms. The monoisotopic (exact) mass is 679 g/mol. The zero-order chi connectivity index (χ0) is 35.6. The van der Waals surface area contributed by atoms with Gasteiger partial charge in [0.05, 0.1) is 5.69 Å².